The van der Waals surface area contributed by atoms with Gasteiger partial charge in [-0.3, -0.25) is 0 Å². The maximum absolute atomic E-state index is 3.91. The van der Waals surface area contributed by atoms with Gasteiger partial charge in [0.05, 0.1) is 0 Å². The molecule has 172 valence electrons. The Bertz CT molecular complexity index is 290. The van der Waals surface area contributed by atoms with Crippen LogP contribution in [0.5, 0.6) is 0 Å². The van der Waals surface area contributed by atoms with E-state index < -0.39 is 0 Å². The van der Waals surface area contributed by atoms with Crippen LogP contribution in [0.4, 0.5) is 0 Å². The van der Waals surface area contributed by atoms with Crippen LogP contribution in [-0.2, 0) is 0 Å². The van der Waals surface area contributed by atoms with Crippen molar-refractivity contribution in [3.63, 3.8) is 0 Å². The zero-order chi connectivity index (χ0) is 21.1. The van der Waals surface area contributed by atoms with E-state index in [4.69, 9.17) is 0 Å². The minimum absolute atomic E-state index is 1.12. The van der Waals surface area contributed by atoms with Crippen molar-refractivity contribution >= 4 is 0 Å². The summed E-state index contributed by atoms with van der Waals surface area (Å²) in [5.74, 6) is 0. The lowest BCUT2D eigenvalue weighted by molar-refractivity contribution is 0.537. The fourth-order valence-electron chi connectivity index (χ4n) is 4.12. The van der Waals surface area contributed by atoms with E-state index in [0.717, 1.165) is 12.8 Å². The molecule has 0 rings (SSSR count). The van der Waals surface area contributed by atoms with Crippen molar-refractivity contribution in [2.24, 2.45) is 0 Å². The molecule has 0 aliphatic heterocycles. The van der Waals surface area contributed by atoms with Crippen molar-refractivity contribution in [3.8, 4) is 0 Å². The predicted molar refractivity (Wildman–Crippen MR) is 135 cm³/mol. The van der Waals surface area contributed by atoms with E-state index in [1.807, 2.05) is 0 Å². The first-order chi connectivity index (χ1) is 14.4. The smallest absolute Gasteiger partial charge is 0.0351 e. The SMILES string of the molecule is [CH2]CCCCCCCCCCC=CCCCCCCCCCCCCCCC[CH2]. The van der Waals surface area contributed by atoms with Crippen LogP contribution in [0.2, 0.25) is 0 Å². The Morgan fingerprint density at radius 2 is 0.483 bits per heavy atom. The Balaban J connectivity index is 3.05. The van der Waals surface area contributed by atoms with Gasteiger partial charge in [0.15, 0.2) is 0 Å². The Hall–Kier alpha value is -0.260. The lowest BCUT2D eigenvalue weighted by Gasteiger charge is -2.03. The van der Waals surface area contributed by atoms with Crippen LogP contribution in [0.15, 0.2) is 12.2 Å². The van der Waals surface area contributed by atoms with Gasteiger partial charge in [-0.25, -0.2) is 0 Å². The highest BCUT2D eigenvalue weighted by Crippen LogP contribution is 2.14. The second-order valence-electron chi connectivity index (χ2n) is 9.18. The van der Waals surface area contributed by atoms with E-state index in [-0.39, 0.29) is 0 Å². The van der Waals surface area contributed by atoms with Crippen LogP contribution in [0.25, 0.3) is 0 Å². The van der Waals surface area contributed by atoms with E-state index in [0.29, 0.717) is 0 Å². The number of rotatable bonds is 25. The fraction of sp³-hybridized carbons (Fsp3) is 0.862. The first-order valence-electron chi connectivity index (χ1n) is 13.6. The first kappa shape index (κ1) is 28.7. The molecule has 0 bridgehead atoms. The van der Waals surface area contributed by atoms with Gasteiger partial charge < -0.3 is 0 Å². The number of allylic oxidation sites excluding steroid dienone is 2. The maximum atomic E-state index is 3.91. The Morgan fingerprint density at radius 1 is 0.276 bits per heavy atom. The summed E-state index contributed by atoms with van der Waals surface area (Å²) in [6, 6.07) is 0. The van der Waals surface area contributed by atoms with Crippen molar-refractivity contribution in [3.05, 3.63) is 26.0 Å². The van der Waals surface area contributed by atoms with Gasteiger partial charge in [-0.15, -0.1) is 0 Å². The van der Waals surface area contributed by atoms with E-state index in [1.165, 1.54) is 148 Å². The molecule has 0 saturated carbocycles. The molecule has 0 fully saturated rings. The van der Waals surface area contributed by atoms with E-state index in [1.54, 1.807) is 0 Å². The molecule has 2 radical (unpaired) electrons. The quantitative estimate of drug-likeness (QED) is 0.105. The van der Waals surface area contributed by atoms with Crippen molar-refractivity contribution in [1.82, 2.24) is 0 Å². The maximum Gasteiger partial charge on any atom is -0.0351 e. The zero-order valence-corrected chi connectivity index (χ0v) is 20.2. The molecule has 29 heavy (non-hydrogen) atoms. The average Bonchev–Trinajstić information content (AvgIpc) is 2.74. The second-order valence-corrected chi connectivity index (χ2v) is 9.18. The first-order valence-corrected chi connectivity index (χ1v) is 13.6. The summed E-state index contributed by atoms with van der Waals surface area (Å²) < 4.78 is 0. The number of unbranched alkanes of at least 4 members (excludes halogenated alkanes) is 23. The third-order valence-corrected chi connectivity index (χ3v) is 6.16. The van der Waals surface area contributed by atoms with Gasteiger partial charge >= 0.3 is 0 Å². The van der Waals surface area contributed by atoms with Crippen molar-refractivity contribution < 1.29 is 0 Å². The summed E-state index contributed by atoms with van der Waals surface area (Å²) in [6.07, 6.45) is 39.7. The fourth-order valence-corrected chi connectivity index (χ4v) is 4.12. The van der Waals surface area contributed by atoms with Crippen molar-refractivity contribution in [2.75, 3.05) is 0 Å². The van der Waals surface area contributed by atoms with Gasteiger partial charge in [0.25, 0.3) is 0 Å². The molecule has 0 heteroatoms. The molecule has 0 amide bonds. The van der Waals surface area contributed by atoms with Gasteiger partial charge in [0, 0.05) is 0 Å². The molecule has 0 aromatic rings. The van der Waals surface area contributed by atoms with Gasteiger partial charge in [0.1, 0.15) is 0 Å². The van der Waals surface area contributed by atoms with Crippen molar-refractivity contribution in [2.45, 2.75) is 161 Å². The van der Waals surface area contributed by atoms with E-state index in [9.17, 15) is 0 Å². The standard InChI is InChI=1S/C29H56/c1-3-5-7-9-11-13-15-17-19-21-23-25-27-29-28-26-24-22-20-18-16-14-12-10-8-6-4-2/h23,25H,1-22,24,26-29H2. The largest absolute Gasteiger partial charge is 0.0885 e. The minimum Gasteiger partial charge on any atom is -0.0885 e. The molecular weight excluding hydrogens is 348 g/mol. The van der Waals surface area contributed by atoms with Crippen LogP contribution < -0.4 is 0 Å². The second kappa shape index (κ2) is 27.7. The van der Waals surface area contributed by atoms with Crippen LogP contribution in [0.1, 0.15) is 161 Å². The highest BCUT2D eigenvalue weighted by atomic mass is 14.0. The Kier molecular flexibility index (Phi) is 27.5. The zero-order valence-electron chi connectivity index (χ0n) is 20.2. The average molecular weight is 405 g/mol. The molecule has 0 atom stereocenters. The van der Waals surface area contributed by atoms with Crippen LogP contribution in [0, 0.1) is 13.8 Å². The van der Waals surface area contributed by atoms with Crippen molar-refractivity contribution in [1.29, 1.82) is 0 Å². The van der Waals surface area contributed by atoms with Gasteiger partial charge in [0.2, 0.25) is 0 Å². The number of hydrogen-bond acceptors (Lipinski definition) is 0. The highest BCUT2D eigenvalue weighted by molar-refractivity contribution is 4.81. The molecule has 0 aliphatic carbocycles. The monoisotopic (exact) mass is 404 g/mol. The highest BCUT2D eigenvalue weighted by Gasteiger charge is 1.94. The molecule has 0 saturated heterocycles. The molecule has 0 nitrogen and oxygen atoms in total. The van der Waals surface area contributed by atoms with E-state index in [2.05, 4.69) is 26.0 Å². The summed E-state index contributed by atoms with van der Waals surface area (Å²) >= 11 is 0. The van der Waals surface area contributed by atoms with Gasteiger partial charge in [-0.05, 0) is 25.7 Å². The van der Waals surface area contributed by atoms with Gasteiger partial charge in [-0.1, -0.05) is 161 Å². The summed E-state index contributed by atoms with van der Waals surface area (Å²) in [5.41, 5.74) is 0. The normalized spacial score (nSPS) is 11.7. The Morgan fingerprint density at radius 3 is 0.724 bits per heavy atom. The van der Waals surface area contributed by atoms with Gasteiger partial charge in [-0.2, -0.15) is 0 Å². The third kappa shape index (κ3) is 27.7. The minimum atomic E-state index is 1.12. The molecule has 0 aromatic carbocycles. The van der Waals surface area contributed by atoms with E-state index >= 15 is 0 Å². The lowest BCUT2D eigenvalue weighted by atomic mass is 10.0. The van der Waals surface area contributed by atoms with Crippen LogP contribution in [0.3, 0.4) is 0 Å². The molecular formula is C29H56. The molecule has 0 N–H and O–H groups in total. The lowest BCUT2D eigenvalue weighted by Crippen LogP contribution is -1.83. The number of hydrogen-bond donors (Lipinski definition) is 0. The third-order valence-electron chi connectivity index (χ3n) is 6.16. The van der Waals surface area contributed by atoms with Crippen LogP contribution >= 0.6 is 0 Å². The Labute approximate surface area is 186 Å². The predicted octanol–water partition coefficient (Wildman–Crippen LogP) is 11.0. The molecule has 0 aromatic heterocycles. The molecule has 0 spiro atoms. The summed E-state index contributed by atoms with van der Waals surface area (Å²) in [7, 11) is 0. The molecule has 0 unspecified atom stereocenters. The summed E-state index contributed by atoms with van der Waals surface area (Å²) in [6.45, 7) is 7.82. The summed E-state index contributed by atoms with van der Waals surface area (Å²) in [5, 5.41) is 0. The van der Waals surface area contributed by atoms with Crippen LogP contribution in [-0.4, -0.2) is 0 Å². The topological polar surface area (TPSA) is 0 Å². The summed E-state index contributed by atoms with van der Waals surface area (Å²) in [4.78, 5) is 0. The molecule has 0 aliphatic rings. The molecule has 0 heterocycles.